The van der Waals surface area contributed by atoms with Crippen molar-refractivity contribution >= 4 is 23.2 Å². The van der Waals surface area contributed by atoms with Gasteiger partial charge in [0.05, 0.1) is 17.2 Å². The molecule has 2 nitrogen and oxygen atoms in total. The minimum Gasteiger partial charge on any atom is -0.495 e. The van der Waals surface area contributed by atoms with Gasteiger partial charge in [0.25, 0.3) is 0 Å². The lowest BCUT2D eigenvalue weighted by atomic mass is 9.99. The van der Waals surface area contributed by atoms with E-state index in [9.17, 15) is 0 Å². The molecule has 0 aliphatic rings. The average molecular weight is 296 g/mol. The highest BCUT2D eigenvalue weighted by Crippen LogP contribution is 2.37. The lowest BCUT2D eigenvalue weighted by Gasteiger charge is -2.13. The molecule has 2 rings (SSSR count). The fraction of sp³-hybridized carbons (Fsp3) is 0.200. The standard InChI is InChI=1S/C15H15Cl2NO/c1-18-9-10-5-3-4-6-11(10)12-7-14(17)15(19-2)8-13(12)16/h3-8,18H,9H2,1-2H3. The zero-order valence-electron chi connectivity index (χ0n) is 10.8. The number of ether oxygens (including phenoxy) is 1. The molecule has 0 heterocycles. The lowest BCUT2D eigenvalue weighted by Crippen LogP contribution is -2.06. The van der Waals surface area contributed by atoms with E-state index in [0.717, 1.165) is 17.7 Å². The molecule has 4 heteroatoms. The average Bonchev–Trinajstić information content (AvgIpc) is 2.42. The third-order valence-corrected chi connectivity index (χ3v) is 3.52. The van der Waals surface area contributed by atoms with E-state index in [-0.39, 0.29) is 0 Å². The first-order chi connectivity index (χ1) is 9.17. The molecule has 0 radical (unpaired) electrons. The summed E-state index contributed by atoms with van der Waals surface area (Å²) in [6.07, 6.45) is 0. The van der Waals surface area contributed by atoms with Crippen molar-refractivity contribution < 1.29 is 4.74 Å². The first-order valence-corrected chi connectivity index (χ1v) is 6.69. The van der Waals surface area contributed by atoms with Gasteiger partial charge in [-0.15, -0.1) is 0 Å². The number of methoxy groups -OCH3 is 1. The summed E-state index contributed by atoms with van der Waals surface area (Å²) in [5.74, 6) is 0.585. The van der Waals surface area contributed by atoms with E-state index in [4.69, 9.17) is 27.9 Å². The highest BCUT2D eigenvalue weighted by molar-refractivity contribution is 6.36. The molecule has 19 heavy (non-hydrogen) atoms. The van der Waals surface area contributed by atoms with Crippen LogP contribution in [0.5, 0.6) is 5.75 Å². The summed E-state index contributed by atoms with van der Waals surface area (Å²) >= 11 is 12.5. The summed E-state index contributed by atoms with van der Waals surface area (Å²) in [5.41, 5.74) is 3.16. The molecule has 0 bridgehead atoms. The van der Waals surface area contributed by atoms with Crippen LogP contribution < -0.4 is 10.1 Å². The molecule has 0 amide bonds. The Bertz CT molecular complexity index is 584. The van der Waals surface area contributed by atoms with Crippen LogP contribution >= 0.6 is 23.2 Å². The van der Waals surface area contributed by atoms with Crippen LogP contribution in [0, 0.1) is 0 Å². The van der Waals surface area contributed by atoms with Crippen molar-refractivity contribution in [1.29, 1.82) is 0 Å². The Morgan fingerprint density at radius 2 is 1.79 bits per heavy atom. The quantitative estimate of drug-likeness (QED) is 0.903. The third kappa shape index (κ3) is 3.03. The summed E-state index contributed by atoms with van der Waals surface area (Å²) in [5, 5.41) is 4.34. The molecule has 2 aromatic rings. The molecule has 2 aromatic carbocycles. The summed E-state index contributed by atoms with van der Waals surface area (Å²) in [6.45, 7) is 0.774. The predicted molar refractivity (Wildman–Crippen MR) is 81.2 cm³/mol. The van der Waals surface area contributed by atoms with Crippen molar-refractivity contribution in [2.24, 2.45) is 0 Å². The predicted octanol–water partition coefficient (Wildman–Crippen LogP) is 4.39. The molecular formula is C15H15Cl2NO. The van der Waals surface area contributed by atoms with E-state index < -0.39 is 0 Å². The Morgan fingerprint density at radius 1 is 1.05 bits per heavy atom. The van der Waals surface area contributed by atoms with Gasteiger partial charge in [-0.3, -0.25) is 0 Å². The van der Waals surface area contributed by atoms with Crippen molar-refractivity contribution in [2.75, 3.05) is 14.2 Å². The van der Waals surface area contributed by atoms with Gasteiger partial charge in [-0.2, -0.15) is 0 Å². The second-order valence-corrected chi connectivity index (χ2v) is 4.97. The second-order valence-electron chi connectivity index (χ2n) is 4.15. The van der Waals surface area contributed by atoms with Gasteiger partial charge in [0.1, 0.15) is 5.75 Å². The fourth-order valence-corrected chi connectivity index (χ4v) is 2.52. The van der Waals surface area contributed by atoms with E-state index in [2.05, 4.69) is 11.4 Å². The summed E-state index contributed by atoms with van der Waals surface area (Å²) in [6, 6.07) is 11.7. The Hall–Kier alpha value is -1.22. The van der Waals surface area contributed by atoms with Gasteiger partial charge in [-0.25, -0.2) is 0 Å². The zero-order valence-corrected chi connectivity index (χ0v) is 12.3. The van der Waals surface area contributed by atoms with E-state index in [0.29, 0.717) is 15.8 Å². The number of hydrogen-bond acceptors (Lipinski definition) is 2. The van der Waals surface area contributed by atoms with Gasteiger partial charge >= 0.3 is 0 Å². The third-order valence-electron chi connectivity index (χ3n) is 2.92. The largest absolute Gasteiger partial charge is 0.495 e. The van der Waals surface area contributed by atoms with E-state index in [1.54, 1.807) is 13.2 Å². The van der Waals surface area contributed by atoms with E-state index in [1.165, 1.54) is 5.56 Å². The van der Waals surface area contributed by atoms with Crippen LogP contribution in [0.25, 0.3) is 11.1 Å². The van der Waals surface area contributed by atoms with Gasteiger partial charge in [-0.1, -0.05) is 47.5 Å². The summed E-state index contributed by atoms with van der Waals surface area (Å²) in [4.78, 5) is 0. The maximum Gasteiger partial charge on any atom is 0.138 e. The van der Waals surface area contributed by atoms with Gasteiger partial charge in [0.15, 0.2) is 0 Å². The first-order valence-electron chi connectivity index (χ1n) is 5.93. The van der Waals surface area contributed by atoms with Crippen molar-refractivity contribution in [1.82, 2.24) is 5.32 Å². The molecule has 0 fully saturated rings. The van der Waals surface area contributed by atoms with Crippen molar-refractivity contribution in [3.8, 4) is 16.9 Å². The number of rotatable bonds is 4. The van der Waals surface area contributed by atoms with Gasteiger partial charge < -0.3 is 10.1 Å². The molecule has 0 atom stereocenters. The van der Waals surface area contributed by atoms with Gasteiger partial charge in [0, 0.05) is 18.2 Å². The Morgan fingerprint density at radius 3 is 2.47 bits per heavy atom. The van der Waals surface area contributed by atoms with E-state index in [1.807, 2.05) is 31.3 Å². The fourth-order valence-electron chi connectivity index (χ4n) is 2.02. The first kappa shape index (κ1) is 14.2. The number of hydrogen-bond donors (Lipinski definition) is 1. The van der Waals surface area contributed by atoms with Crippen LogP contribution in [-0.4, -0.2) is 14.2 Å². The normalized spacial score (nSPS) is 10.5. The number of nitrogens with one attached hydrogen (secondary N) is 1. The van der Waals surface area contributed by atoms with Crippen LogP contribution in [0.2, 0.25) is 10.0 Å². The topological polar surface area (TPSA) is 21.3 Å². The van der Waals surface area contributed by atoms with Crippen LogP contribution in [0.3, 0.4) is 0 Å². The monoisotopic (exact) mass is 295 g/mol. The molecule has 0 aliphatic heterocycles. The van der Waals surface area contributed by atoms with Gasteiger partial charge in [0.2, 0.25) is 0 Å². The second kappa shape index (κ2) is 6.29. The van der Waals surface area contributed by atoms with Crippen molar-refractivity contribution in [3.63, 3.8) is 0 Å². The van der Waals surface area contributed by atoms with Crippen molar-refractivity contribution in [2.45, 2.75) is 6.54 Å². The Balaban J connectivity index is 2.56. The molecule has 0 spiro atoms. The molecule has 100 valence electrons. The summed E-state index contributed by atoms with van der Waals surface area (Å²) < 4.78 is 5.17. The maximum atomic E-state index is 6.33. The molecule has 0 aromatic heterocycles. The molecule has 0 saturated carbocycles. The molecule has 1 N–H and O–H groups in total. The number of halogens is 2. The van der Waals surface area contributed by atoms with Gasteiger partial charge in [-0.05, 0) is 24.2 Å². The van der Waals surface area contributed by atoms with Crippen LogP contribution in [0.4, 0.5) is 0 Å². The van der Waals surface area contributed by atoms with E-state index >= 15 is 0 Å². The molecule has 0 saturated heterocycles. The summed E-state index contributed by atoms with van der Waals surface area (Å²) in [7, 11) is 3.49. The highest BCUT2D eigenvalue weighted by atomic mass is 35.5. The number of benzene rings is 2. The SMILES string of the molecule is CNCc1ccccc1-c1cc(Cl)c(OC)cc1Cl. The highest BCUT2D eigenvalue weighted by Gasteiger charge is 2.12. The van der Waals surface area contributed by atoms with Crippen LogP contribution in [0.15, 0.2) is 36.4 Å². The molecular weight excluding hydrogens is 281 g/mol. The molecule has 0 unspecified atom stereocenters. The Kier molecular flexibility index (Phi) is 4.70. The van der Waals surface area contributed by atoms with Crippen LogP contribution in [-0.2, 0) is 6.54 Å². The smallest absolute Gasteiger partial charge is 0.138 e. The minimum atomic E-state index is 0.557. The Labute approximate surface area is 123 Å². The zero-order chi connectivity index (χ0) is 13.8. The minimum absolute atomic E-state index is 0.557. The van der Waals surface area contributed by atoms with Crippen LogP contribution in [0.1, 0.15) is 5.56 Å². The molecule has 0 aliphatic carbocycles. The van der Waals surface area contributed by atoms with Crippen molar-refractivity contribution in [3.05, 3.63) is 52.0 Å². The lowest BCUT2D eigenvalue weighted by molar-refractivity contribution is 0.415. The maximum absolute atomic E-state index is 6.33.